The second-order valence-electron chi connectivity index (χ2n) is 15.0. The van der Waals surface area contributed by atoms with Crippen molar-refractivity contribution in [1.29, 1.82) is 0 Å². The molecule has 0 aromatic heterocycles. The molecule has 10 rings (SSSR count). The Bertz CT molecular complexity index is 2860. The van der Waals surface area contributed by atoms with Crippen LogP contribution < -0.4 is 4.90 Å². The molecule has 9 aromatic rings. The van der Waals surface area contributed by atoms with E-state index in [4.69, 9.17) is 0 Å². The summed E-state index contributed by atoms with van der Waals surface area (Å²) in [6, 6.07) is 82.9. The van der Waals surface area contributed by atoms with Gasteiger partial charge in [-0.1, -0.05) is 188 Å². The van der Waals surface area contributed by atoms with Crippen LogP contribution in [0.15, 0.2) is 237 Å². The molecule has 59 heavy (non-hydrogen) atoms. The highest BCUT2D eigenvalue weighted by atomic mass is 19.1. The summed E-state index contributed by atoms with van der Waals surface area (Å²) in [5, 5.41) is 0. The van der Waals surface area contributed by atoms with Crippen LogP contribution in [0, 0.1) is 5.82 Å². The van der Waals surface area contributed by atoms with Crippen molar-refractivity contribution in [3.63, 3.8) is 0 Å². The highest BCUT2D eigenvalue weighted by Crippen LogP contribution is 2.50. The number of benzene rings is 9. The number of rotatable bonds is 9. The van der Waals surface area contributed by atoms with Gasteiger partial charge in [0.25, 0.3) is 0 Å². The largest absolute Gasteiger partial charge is 0.310 e. The molecule has 0 amide bonds. The van der Waals surface area contributed by atoms with Crippen LogP contribution in [0.3, 0.4) is 0 Å². The molecule has 0 radical (unpaired) electrons. The van der Waals surface area contributed by atoms with Crippen molar-refractivity contribution in [3.05, 3.63) is 281 Å². The lowest BCUT2D eigenvalue weighted by molar-refractivity contribution is 0.627. The van der Waals surface area contributed by atoms with Gasteiger partial charge in [-0.15, -0.1) is 0 Å². The van der Waals surface area contributed by atoms with Gasteiger partial charge in [0.05, 0.1) is 0 Å². The molecule has 0 heterocycles. The highest BCUT2D eigenvalue weighted by Gasteiger charge is 2.30. The summed E-state index contributed by atoms with van der Waals surface area (Å²) in [6.07, 6.45) is 0. The van der Waals surface area contributed by atoms with Crippen LogP contribution in [0.4, 0.5) is 21.5 Å². The van der Waals surface area contributed by atoms with Gasteiger partial charge in [-0.25, -0.2) is 4.39 Å². The van der Waals surface area contributed by atoms with E-state index in [1.165, 1.54) is 50.1 Å². The van der Waals surface area contributed by atoms with Gasteiger partial charge in [-0.3, -0.25) is 0 Å². The van der Waals surface area contributed by atoms with Crippen LogP contribution in [-0.4, -0.2) is 0 Å². The highest BCUT2D eigenvalue weighted by molar-refractivity contribution is 6.04. The second-order valence-corrected chi connectivity index (χ2v) is 15.0. The Balaban J connectivity index is 1.06. The lowest BCUT2D eigenvalue weighted by Crippen LogP contribution is -2.10. The monoisotopic (exact) mass is 757 g/mol. The van der Waals surface area contributed by atoms with E-state index in [0.29, 0.717) is 0 Å². The molecule has 0 bridgehead atoms. The summed E-state index contributed by atoms with van der Waals surface area (Å²) in [7, 11) is 0. The normalized spacial score (nSPS) is 12.7. The zero-order chi connectivity index (χ0) is 39.5. The lowest BCUT2D eigenvalue weighted by atomic mass is 9.85. The Morgan fingerprint density at radius 3 is 1.44 bits per heavy atom. The van der Waals surface area contributed by atoms with E-state index in [1.807, 2.05) is 12.1 Å². The first-order valence-electron chi connectivity index (χ1n) is 20.1. The van der Waals surface area contributed by atoms with E-state index in [0.717, 1.165) is 39.3 Å². The minimum atomic E-state index is -0.221. The van der Waals surface area contributed by atoms with Gasteiger partial charge >= 0.3 is 0 Å². The van der Waals surface area contributed by atoms with Crippen LogP contribution in [0.5, 0.6) is 0 Å². The van der Waals surface area contributed by atoms with E-state index in [9.17, 15) is 4.39 Å². The molecule has 9 aromatic carbocycles. The number of halogens is 1. The molecular weight excluding hydrogens is 718 g/mol. The number of nitrogens with zero attached hydrogens (tertiary/aromatic N) is 1. The summed E-state index contributed by atoms with van der Waals surface area (Å²) >= 11 is 0. The third-order valence-corrected chi connectivity index (χ3v) is 11.4. The number of fused-ring (bicyclic) bond motifs is 3. The smallest absolute Gasteiger partial charge is 0.123 e. The summed E-state index contributed by atoms with van der Waals surface area (Å²) < 4.78 is 14.0. The Morgan fingerprint density at radius 1 is 0.339 bits per heavy atom. The Labute approximate surface area is 345 Å². The van der Waals surface area contributed by atoms with Crippen molar-refractivity contribution in [1.82, 2.24) is 0 Å². The predicted octanol–water partition coefficient (Wildman–Crippen LogP) is 15.1. The molecular formula is C57H40FN. The SMILES string of the molecule is Fc1ccc(C2c3ccccc3-c3cc(N(c4ccccc4)c4cccc(-c5ccc(C(=C(c6ccccc6)c6ccccc6)c6ccccc6)cc5)c4)ccc32)cc1. The van der Waals surface area contributed by atoms with Gasteiger partial charge in [-0.2, -0.15) is 0 Å². The van der Waals surface area contributed by atoms with Gasteiger partial charge < -0.3 is 4.90 Å². The molecule has 0 N–H and O–H groups in total. The Hall–Kier alpha value is -7.55. The van der Waals surface area contributed by atoms with Gasteiger partial charge in [-0.05, 0) is 121 Å². The van der Waals surface area contributed by atoms with E-state index in [2.05, 4.69) is 217 Å². The molecule has 0 spiro atoms. The lowest BCUT2D eigenvalue weighted by Gasteiger charge is -2.27. The van der Waals surface area contributed by atoms with Gasteiger partial charge in [0.2, 0.25) is 0 Å². The fourth-order valence-electron chi connectivity index (χ4n) is 8.75. The average Bonchev–Trinajstić information content (AvgIpc) is 3.64. The second kappa shape index (κ2) is 15.8. The van der Waals surface area contributed by atoms with Crippen LogP contribution in [0.2, 0.25) is 0 Å². The van der Waals surface area contributed by atoms with Crippen LogP contribution in [0.1, 0.15) is 44.9 Å². The first-order chi connectivity index (χ1) is 29.2. The average molecular weight is 758 g/mol. The molecule has 1 aliphatic rings. The molecule has 0 aliphatic heterocycles. The maximum atomic E-state index is 14.0. The van der Waals surface area contributed by atoms with Gasteiger partial charge in [0.1, 0.15) is 5.82 Å². The van der Waals surface area contributed by atoms with E-state index in [-0.39, 0.29) is 11.7 Å². The Morgan fingerprint density at radius 2 is 0.831 bits per heavy atom. The molecule has 280 valence electrons. The number of hydrogen-bond donors (Lipinski definition) is 0. The van der Waals surface area contributed by atoms with Crippen LogP contribution in [-0.2, 0) is 0 Å². The summed E-state index contributed by atoms with van der Waals surface area (Å²) in [5.74, 6) is -0.178. The molecule has 0 fully saturated rings. The van der Waals surface area contributed by atoms with Crippen LogP contribution >= 0.6 is 0 Å². The molecule has 1 aliphatic carbocycles. The maximum Gasteiger partial charge on any atom is 0.123 e. The fourth-order valence-corrected chi connectivity index (χ4v) is 8.75. The number of hydrogen-bond acceptors (Lipinski definition) is 1. The molecule has 1 unspecified atom stereocenters. The zero-order valence-corrected chi connectivity index (χ0v) is 32.4. The van der Waals surface area contributed by atoms with Crippen molar-refractivity contribution in [2.75, 3.05) is 4.90 Å². The predicted molar refractivity (Wildman–Crippen MR) is 244 cm³/mol. The molecule has 2 heteroatoms. The first kappa shape index (κ1) is 35.8. The standard InChI is InChI=1S/C57H40FN/c58-47-34-32-45(33-35-47)57-52-27-14-13-26-51(52)54-39-50(36-37-53(54)57)59(48-23-11-4-12-24-48)49-25-15-22-46(38-49)40-28-30-44(31-29-40)56(43-20-9-3-10-21-43)55(41-16-5-1-6-17-41)42-18-7-2-8-19-42/h1-39,57H. The third-order valence-electron chi connectivity index (χ3n) is 11.4. The zero-order valence-electron chi connectivity index (χ0n) is 32.4. The molecule has 1 atom stereocenters. The number of para-hydroxylation sites is 1. The summed E-state index contributed by atoms with van der Waals surface area (Å²) in [5.41, 5.74) is 18.5. The van der Waals surface area contributed by atoms with E-state index < -0.39 is 0 Å². The Kier molecular flexibility index (Phi) is 9.58. The van der Waals surface area contributed by atoms with E-state index in [1.54, 1.807) is 12.1 Å². The van der Waals surface area contributed by atoms with Crippen molar-refractivity contribution in [2.24, 2.45) is 0 Å². The quantitative estimate of drug-likeness (QED) is 0.133. The first-order valence-corrected chi connectivity index (χ1v) is 20.1. The summed E-state index contributed by atoms with van der Waals surface area (Å²) in [4.78, 5) is 2.34. The number of anilines is 3. The van der Waals surface area contributed by atoms with Gasteiger partial charge in [0.15, 0.2) is 0 Å². The maximum absolute atomic E-state index is 14.0. The molecule has 1 nitrogen and oxygen atoms in total. The van der Waals surface area contributed by atoms with Crippen molar-refractivity contribution < 1.29 is 4.39 Å². The van der Waals surface area contributed by atoms with Gasteiger partial charge in [0, 0.05) is 23.0 Å². The van der Waals surface area contributed by atoms with Crippen molar-refractivity contribution >= 4 is 28.2 Å². The van der Waals surface area contributed by atoms with Crippen LogP contribution in [0.25, 0.3) is 33.4 Å². The van der Waals surface area contributed by atoms with Crippen molar-refractivity contribution in [3.8, 4) is 22.3 Å². The third kappa shape index (κ3) is 6.96. The minimum absolute atomic E-state index is 0.0426. The minimum Gasteiger partial charge on any atom is -0.310 e. The van der Waals surface area contributed by atoms with Crippen molar-refractivity contribution in [2.45, 2.75) is 5.92 Å². The molecule has 0 saturated heterocycles. The van der Waals surface area contributed by atoms with E-state index >= 15 is 0 Å². The fraction of sp³-hybridized carbons (Fsp3) is 0.0175. The topological polar surface area (TPSA) is 3.24 Å². The summed E-state index contributed by atoms with van der Waals surface area (Å²) in [6.45, 7) is 0. The molecule has 0 saturated carbocycles.